The topological polar surface area (TPSA) is 28.4 Å². The lowest BCUT2D eigenvalue weighted by molar-refractivity contribution is 0.110. The highest BCUT2D eigenvalue weighted by atomic mass is 16.3. The zero-order chi connectivity index (χ0) is 13.1. The summed E-state index contributed by atoms with van der Waals surface area (Å²) >= 11 is 0. The molecular weight excluding hydrogens is 224 g/mol. The molecule has 0 aliphatic carbocycles. The maximum absolute atomic E-state index is 5.99. The molecule has 18 heavy (non-hydrogen) atoms. The van der Waals surface area contributed by atoms with Crippen molar-refractivity contribution >= 4 is 0 Å². The molecule has 0 aromatic carbocycles. The van der Waals surface area contributed by atoms with E-state index in [0.29, 0.717) is 12.0 Å². The number of hydrogen-bond acceptors (Lipinski definition) is 3. The fourth-order valence-electron chi connectivity index (χ4n) is 2.75. The van der Waals surface area contributed by atoms with Gasteiger partial charge in [0.1, 0.15) is 11.5 Å². The van der Waals surface area contributed by atoms with Gasteiger partial charge in [0.25, 0.3) is 0 Å². The first-order valence-electron chi connectivity index (χ1n) is 7.15. The van der Waals surface area contributed by atoms with Crippen molar-refractivity contribution in [3.8, 4) is 0 Å². The Morgan fingerprint density at radius 2 is 2.00 bits per heavy atom. The van der Waals surface area contributed by atoms with Crippen molar-refractivity contribution in [1.82, 2.24) is 10.2 Å². The monoisotopic (exact) mass is 250 g/mol. The molecule has 1 aromatic rings. The van der Waals surface area contributed by atoms with Gasteiger partial charge in [-0.3, -0.25) is 4.90 Å². The predicted molar refractivity (Wildman–Crippen MR) is 74.8 cm³/mol. The van der Waals surface area contributed by atoms with Gasteiger partial charge in [-0.2, -0.15) is 0 Å². The van der Waals surface area contributed by atoms with E-state index in [0.717, 1.165) is 37.7 Å². The molecule has 2 rings (SSSR count). The molecule has 2 heterocycles. The average molecular weight is 250 g/mol. The Morgan fingerprint density at radius 1 is 1.33 bits per heavy atom. The Kier molecular flexibility index (Phi) is 4.46. The minimum absolute atomic E-state index is 0.435. The van der Waals surface area contributed by atoms with Crippen molar-refractivity contribution in [2.75, 3.05) is 26.2 Å². The van der Waals surface area contributed by atoms with Gasteiger partial charge in [0.2, 0.25) is 0 Å². The van der Waals surface area contributed by atoms with Crippen LogP contribution in [0.1, 0.15) is 43.4 Å². The highest BCUT2D eigenvalue weighted by Crippen LogP contribution is 2.33. The van der Waals surface area contributed by atoms with Gasteiger partial charge >= 0.3 is 0 Å². The molecule has 1 saturated heterocycles. The van der Waals surface area contributed by atoms with Gasteiger partial charge in [0.05, 0.1) is 6.04 Å². The van der Waals surface area contributed by atoms with Crippen LogP contribution in [0.5, 0.6) is 0 Å². The van der Waals surface area contributed by atoms with Crippen LogP contribution in [-0.4, -0.2) is 31.1 Å². The van der Waals surface area contributed by atoms with E-state index in [4.69, 9.17) is 4.42 Å². The Balaban J connectivity index is 2.23. The number of nitrogens with one attached hydrogen (secondary N) is 1. The third-order valence-electron chi connectivity index (χ3n) is 4.20. The second-order valence-electron chi connectivity index (χ2n) is 5.50. The van der Waals surface area contributed by atoms with Gasteiger partial charge in [0, 0.05) is 26.2 Å². The predicted octanol–water partition coefficient (Wildman–Crippen LogP) is 2.89. The van der Waals surface area contributed by atoms with Crippen molar-refractivity contribution in [3.63, 3.8) is 0 Å². The molecular formula is C15H26N2O. The fraction of sp³-hybridized carbons (Fsp3) is 0.733. The van der Waals surface area contributed by atoms with E-state index in [2.05, 4.69) is 44.0 Å². The van der Waals surface area contributed by atoms with Gasteiger partial charge < -0.3 is 9.73 Å². The highest BCUT2D eigenvalue weighted by molar-refractivity contribution is 5.21. The molecule has 0 radical (unpaired) electrons. The van der Waals surface area contributed by atoms with Crippen LogP contribution in [0.4, 0.5) is 0 Å². The molecule has 3 nitrogen and oxygen atoms in total. The van der Waals surface area contributed by atoms with E-state index in [1.807, 2.05) is 0 Å². The molecule has 2 atom stereocenters. The van der Waals surface area contributed by atoms with Crippen LogP contribution < -0.4 is 5.32 Å². The summed E-state index contributed by atoms with van der Waals surface area (Å²) in [7, 11) is 0. The molecule has 1 fully saturated rings. The SMILES string of the molecule is CCC(C)[C@H](c1cc(C)c(C)o1)N1CCNCC1. The fourth-order valence-corrected chi connectivity index (χ4v) is 2.75. The molecule has 0 bridgehead atoms. The lowest BCUT2D eigenvalue weighted by Crippen LogP contribution is -2.46. The summed E-state index contributed by atoms with van der Waals surface area (Å²) < 4.78 is 5.99. The first-order valence-corrected chi connectivity index (χ1v) is 7.15. The minimum Gasteiger partial charge on any atom is -0.464 e. The molecule has 1 unspecified atom stereocenters. The molecule has 1 N–H and O–H groups in total. The van der Waals surface area contributed by atoms with E-state index >= 15 is 0 Å². The van der Waals surface area contributed by atoms with Crippen LogP contribution in [0.25, 0.3) is 0 Å². The van der Waals surface area contributed by atoms with E-state index in [1.165, 1.54) is 12.0 Å². The van der Waals surface area contributed by atoms with Crippen LogP contribution in [0.3, 0.4) is 0 Å². The number of furan rings is 1. The smallest absolute Gasteiger partial charge is 0.121 e. The van der Waals surface area contributed by atoms with Gasteiger partial charge in [-0.05, 0) is 31.4 Å². The summed E-state index contributed by atoms with van der Waals surface area (Å²) in [5, 5.41) is 3.42. The molecule has 1 aromatic heterocycles. The lowest BCUT2D eigenvalue weighted by atomic mass is 9.94. The lowest BCUT2D eigenvalue weighted by Gasteiger charge is -2.36. The molecule has 0 amide bonds. The second kappa shape index (κ2) is 5.89. The zero-order valence-electron chi connectivity index (χ0n) is 12.1. The summed E-state index contributed by atoms with van der Waals surface area (Å²) in [6.45, 7) is 13.2. The Morgan fingerprint density at radius 3 is 2.50 bits per heavy atom. The van der Waals surface area contributed by atoms with Crippen molar-refractivity contribution in [2.24, 2.45) is 5.92 Å². The van der Waals surface area contributed by atoms with Gasteiger partial charge in [-0.1, -0.05) is 20.3 Å². The molecule has 1 aliphatic rings. The molecule has 0 saturated carbocycles. The summed E-state index contributed by atoms with van der Waals surface area (Å²) in [5.74, 6) is 2.85. The Bertz CT molecular complexity index is 360. The molecule has 3 heteroatoms. The molecule has 102 valence electrons. The summed E-state index contributed by atoms with van der Waals surface area (Å²) in [4.78, 5) is 2.57. The first-order chi connectivity index (χ1) is 8.63. The van der Waals surface area contributed by atoms with E-state index in [9.17, 15) is 0 Å². The third kappa shape index (κ3) is 2.78. The molecule has 1 aliphatic heterocycles. The second-order valence-corrected chi connectivity index (χ2v) is 5.50. The number of nitrogens with zero attached hydrogens (tertiary/aromatic N) is 1. The summed E-state index contributed by atoms with van der Waals surface area (Å²) in [6.07, 6.45) is 1.19. The Labute approximate surface area is 111 Å². The largest absolute Gasteiger partial charge is 0.464 e. The van der Waals surface area contributed by atoms with E-state index in [1.54, 1.807) is 0 Å². The van der Waals surface area contributed by atoms with Gasteiger partial charge in [-0.15, -0.1) is 0 Å². The molecule has 0 spiro atoms. The number of rotatable bonds is 4. The van der Waals surface area contributed by atoms with Crippen LogP contribution in [0.2, 0.25) is 0 Å². The van der Waals surface area contributed by atoms with E-state index < -0.39 is 0 Å². The maximum atomic E-state index is 5.99. The van der Waals surface area contributed by atoms with Crippen molar-refractivity contribution in [2.45, 2.75) is 40.2 Å². The standard InChI is InChI=1S/C15H26N2O/c1-5-11(2)15(17-8-6-16-7-9-17)14-10-12(3)13(4)18-14/h10-11,15-16H,5-9H2,1-4H3/t11?,15-/m1/s1. The average Bonchev–Trinajstić information content (AvgIpc) is 2.70. The van der Waals surface area contributed by atoms with Crippen LogP contribution in [-0.2, 0) is 0 Å². The van der Waals surface area contributed by atoms with Crippen LogP contribution in [0.15, 0.2) is 10.5 Å². The number of aryl methyl sites for hydroxylation is 2. The van der Waals surface area contributed by atoms with Crippen molar-refractivity contribution in [1.29, 1.82) is 0 Å². The van der Waals surface area contributed by atoms with Gasteiger partial charge in [-0.25, -0.2) is 0 Å². The quantitative estimate of drug-likeness (QED) is 0.890. The first kappa shape index (κ1) is 13.6. The summed E-state index contributed by atoms with van der Waals surface area (Å²) in [6, 6.07) is 2.67. The highest BCUT2D eigenvalue weighted by Gasteiger charge is 2.29. The normalized spacial score (nSPS) is 20.9. The van der Waals surface area contributed by atoms with E-state index in [-0.39, 0.29) is 0 Å². The summed E-state index contributed by atoms with van der Waals surface area (Å²) in [5.41, 5.74) is 1.27. The van der Waals surface area contributed by atoms with Crippen LogP contribution >= 0.6 is 0 Å². The van der Waals surface area contributed by atoms with Gasteiger partial charge in [0.15, 0.2) is 0 Å². The van der Waals surface area contributed by atoms with Crippen molar-refractivity contribution in [3.05, 3.63) is 23.2 Å². The van der Waals surface area contributed by atoms with Crippen LogP contribution in [0, 0.1) is 19.8 Å². The number of hydrogen-bond donors (Lipinski definition) is 1. The Hall–Kier alpha value is -0.800. The number of piperazine rings is 1. The zero-order valence-corrected chi connectivity index (χ0v) is 12.1. The third-order valence-corrected chi connectivity index (χ3v) is 4.20. The maximum Gasteiger partial charge on any atom is 0.121 e. The van der Waals surface area contributed by atoms with Crippen molar-refractivity contribution < 1.29 is 4.42 Å². The minimum atomic E-state index is 0.435.